The van der Waals surface area contributed by atoms with E-state index in [-0.39, 0.29) is 60.4 Å². The van der Waals surface area contributed by atoms with Crippen molar-refractivity contribution in [2.24, 2.45) is 37.9 Å². The fourth-order valence-electron chi connectivity index (χ4n) is 11.0. The first-order chi connectivity index (χ1) is 56.1. The number of rotatable bonds is 0. The van der Waals surface area contributed by atoms with Gasteiger partial charge in [0.25, 0.3) is 0 Å². The van der Waals surface area contributed by atoms with E-state index >= 15 is 0 Å². The van der Waals surface area contributed by atoms with Crippen molar-refractivity contribution in [1.82, 2.24) is 9.97 Å². The Balaban J connectivity index is -0.000000249. The first kappa shape index (κ1) is 135. The number of pyridine rings is 2. The maximum Gasteiger partial charge on any atom is 0.128 e. The van der Waals surface area contributed by atoms with Crippen molar-refractivity contribution in [2.75, 3.05) is 0 Å². The number of hydrogen-bond donors (Lipinski definition) is 0. The molecule has 0 spiro atoms. The second-order valence-electron chi connectivity index (χ2n) is 54.8. The van der Waals surface area contributed by atoms with Gasteiger partial charge in [0.15, 0.2) is 0 Å². The van der Waals surface area contributed by atoms with Crippen molar-refractivity contribution in [3.8, 4) is 0 Å². The summed E-state index contributed by atoms with van der Waals surface area (Å²) in [5.74, 6) is 1.80. The van der Waals surface area contributed by atoms with Crippen LogP contribution < -0.4 is 0 Å². The van der Waals surface area contributed by atoms with Crippen molar-refractivity contribution >= 4 is 23.2 Å². The Morgan fingerprint density at radius 3 is 0.688 bits per heavy atom. The molecule has 3 heterocycles. The molecule has 0 unspecified atom stereocenters. The summed E-state index contributed by atoms with van der Waals surface area (Å²) in [5, 5.41) is 1.36. The van der Waals surface area contributed by atoms with Gasteiger partial charge in [0.1, 0.15) is 23.2 Å². The third-order valence-corrected chi connectivity index (χ3v) is 15.8. The topological polar surface area (TPSA) is 38.9 Å². The lowest BCUT2D eigenvalue weighted by atomic mass is 9.81. The van der Waals surface area contributed by atoms with Gasteiger partial charge in [0.05, 0.1) is 0 Å². The van der Waals surface area contributed by atoms with Crippen molar-refractivity contribution in [2.45, 2.75) is 471 Å². The summed E-state index contributed by atoms with van der Waals surface area (Å²) in [6.45, 7) is 132. The lowest BCUT2D eigenvalue weighted by Gasteiger charge is -2.23. The Labute approximate surface area is 807 Å². The molecule has 0 atom stereocenters. The van der Waals surface area contributed by atoms with Gasteiger partial charge in [-0.05, 0) is 216 Å². The van der Waals surface area contributed by atoms with E-state index in [2.05, 4.69) is 464 Å². The number of halogens is 4. The van der Waals surface area contributed by atoms with E-state index in [1.54, 1.807) is 18.2 Å². The fraction of sp³-hybridized carbons (Fsp3) is 0.636. The molecule has 0 fully saturated rings. The van der Waals surface area contributed by atoms with Gasteiger partial charge in [-0.15, -0.1) is 0 Å². The van der Waals surface area contributed by atoms with Crippen LogP contribution in [0.1, 0.15) is 465 Å². The van der Waals surface area contributed by atoms with Gasteiger partial charge >= 0.3 is 0 Å². The lowest BCUT2D eigenvalue weighted by Crippen LogP contribution is -2.15. The summed E-state index contributed by atoms with van der Waals surface area (Å²) in [6, 6.07) is 45.0. The molecular formula is C121H208Cl2F2N2O. The highest BCUT2D eigenvalue weighted by molar-refractivity contribution is 6.31. The molecule has 3 nitrogen and oxygen atoms in total. The van der Waals surface area contributed by atoms with Crippen LogP contribution in [0.4, 0.5) is 8.78 Å². The fourth-order valence-corrected chi connectivity index (χ4v) is 11.9. The normalized spacial score (nSPS) is 11.9. The molecule has 0 aliphatic heterocycles. The quantitative estimate of drug-likeness (QED) is 0.152. The molecule has 0 aliphatic rings. The molecule has 8 rings (SSSR count). The molecule has 5 aromatic carbocycles. The zero-order chi connectivity index (χ0) is 104. The van der Waals surface area contributed by atoms with Crippen molar-refractivity contribution in [1.29, 1.82) is 0 Å². The number of nitrogens with zero attached hydrogens (tertiary/aromatic N) is 2. The summed E-state index contributed by atoms with van der Waals surface area (Å²) < 4.78 is 32.2. The van der Waals surface area contributed by atoms with E-state index in [4.69, 9.17) is 27.6 Å². The highest BCUT2D eigenvalue weighted by Gasteiger charge is 2.26. The number of aryl methyl sites for hydroxylation is 6. The monoisotopic (exact) mass is 1810 g/mol. The molecule has 3 aromatic heterocycles. The Hall–Kier alpha value is -5.88. The largest absolute Gasteiger partial charge is 0.465 e. The molecule has 7 heteroatoms. The van der Waals surface area contributed by atoms with Gasteiger partial charge in [-0.25, -0.2) is 8.78 Å². The van der Waals surface area contributed by atoms with Crippen molar-refractivity contribution in [3.05, 3.63) is 258 Å². The van der Waals surface area contributed by atoms with Crippen LogP contribution in [0.2, 0.25) is 10.0 Å². The zero-order valence-corrected chi connectivity index (χ0v) is 97.3. The molecule has 0 bridgehead atoms. The summed E-state index contributed by atoms with van der Waals surface area (Å²) in [6.07, 6.45) is 3.73. The SMILES string of the molecule is CC(C)(C)C.CC(C)(C)C.CC(C)(C)C.CC(C)(C)C.CC(C)(C)C.CC(C)(C)C.CC(C)(C)C.CC(C)(C)c1c(F)cccc1Cl.CC(C)(C)c1ccc(C(C)(C)C)o1.CC(C)(C)c1ccccc1Cl.CC(C)(C)c1ccccc1F.Cc1cccc(C)c1C(C)(C)C.Cc1ccccc1C(C)(C)C.Cc1cccnc1C(C)(C)C.Cc1ccnc(C)c1C(C)(C)C. The van der Waals surface area contributed by atoms with E-state index in [0.29, 0.717) is 48.5 Å². The number of benzene rings is 5. The van der Waals surface area contributed by atoms with E-state index in [1.807, 2.05) is 90.3 Å². The predicted octanol–water partition coefficient (Wildman–Crippen LogP) is 41.4. The molecule has 0 aliphatic carbocycles. The Bertz CT molecular complexity index is 3630. The van der Waals surface area contributed by atoms with Crippen LogP contribution >= 0.6 is 23.2 Å². The van der Waals surface area contributed by atoms with Crippen LogP contribution in [0, 0.1) is 91.1 Å². The van der Waals surface area contributed by atoms with E-state index < -0.39 is 0 Å². The van der Waals surface area contributed by atoms with Crippen LogP contribution in [0.5, 0.6) is 0 Å². The minimum absolute atomic E-state index is 0.0919. The second-order valence-corrected chi connectivity index (χ2v) is 55.6. The smallest absolute Gasteiger partial charge is 0.128 e. The molecule has 0 saturated carbocycles. The van der Waals surface area contributed by atoms with Gasteiger partial charge in [0.2, 0.25) is 0 Å². The highest BCUT2D eigenvalue weighted by Crippen LogP contribution is 2.35. The lowest BCUT2D eigenvalue weighted by molar-refractivity contribution is 0.344. The Morgan fingerprint density at radius 2 is 0.477 bits per heavy atom. The van der Waals surface area contributed by atoms with Crippen molar-refractivity contribution < 1.29 is 13.2 Å². The Kier molecular flexibility index (Phi) is 60.2. The van der Waals surface area contributed by atoms with Gasteiger partial charge in [-0.2, -0.15) is 0 Å². The van der Waals surface area contributed by atoms with Crippen LogP contribution in [0.15, 0.2) is 156 Å². The summed E-state index contributed by atoms with van der Waals surface area (Å²) in [5.41, 5.74) is 20.6. The molecule has 128 heavy (non-hydrogen) atoms. The molecule has 736 valence electrons. The molecule has 0 N–H and O–H groups in total. The van der Waals surface area contributed by atoms with Crippen LogP contribution in [0.25, 0.3) is 0 Å². The first-order valence-corrected chi connectivity index (χ1v) is 47.8. The van der Waals surface area contributed by atoms with Crippen LogP contribution in [-0.2, 0) is 48.7 Å². The molecular weight excluding hydrogens is 1610 g/mol. The first-order valence-electron chi connectivity index (χ1n) is 47.1. The predicted molar refractivity (Wildman–Crippen MR) is 582 cm³/mol. The third kappa shape index (κ3) is 83.2. The summed E-state index contributed by atoms with van der Waals surface area (Å²) in [4.78, 5) is 8.66. The van der Waals surface area contributed by atoms with E-state index in [1.165, 1.54) is 67.9 Å². The van der Waals surface area contributed by atoms with E-state index in [9.17, 15) is 8.78 Å². The number of furan rings is 1. The Morgan fingerprint density at radius 1 is 0.211 bits per heavy atom. The minimum atomic E-state index is -0.234. The maximum atomic E-state index is 13.3. The molecule has 0 saturated heterocycles. The molecule has 0 amide bonds. The van der Waals surface area contributed by atoms with Crippen molar-refractivity contribution in [3.63, 3.8) is 0 Å². The van der Waals surface area contributed by atoms with Gasteiger partial charge < -0.3 is 4.42 Å². The van der Waals surface area contributed by atoms with E-state index in [0.717, 1.165) is 27.8 Å². The number of hydrogen-bond acceptors (Lipinski definition) is 3. The minimum Gasteiger partial charge on any atom is -0.465 e. The zero-order valence-electron chi connectivity index (χ0n) is 95.7. The second kappa shape index (κ2) is 57.0. The van der Waals surface area contributed by atoms with Gasteiger partial charge in [-0.3, -0.25) is 9.97 Å². The van der Waals surface area contributed by atoms with Gasteiger partial charge in [-0.1, -0.05) is 495 Å². The average Bonchev–Trinajstić information content (AvgIpc) is 1.31. The highest BCUT2D eigenvalue weighted by atomic mass is 35.5. The third-order valence-electron chi connectivity index (χ3n) is 15.2. The summed E-state index contributed by atoms with van der Waals surface area (Å²) >= 11 is 11.9. The standard InChI is InChI=1S/C12H20O.C12H18.C11H17N.C11H16.C10H12ClF.C10H13Cl.C10H13F.C10H15N.7C5H12/c1-11(2,3)9-7-8-10(13-9)12(4,5)6;1-9-7-6-8-10(2)11(9)12(3,4)5;1-8-6-7-12-9(2)10(8)11(3,4)5;1-9-7-5-6-8-10(9)11(2,3)4;1-10(2,3)9-7(11)5-4-6-8(9)12;2*1-10(2,3)8-6-4-5-7-9(8)11;1-8-6-5-7-11-9(8)10(2,3)4;7*1-5(2,3)4/h7-8H,1-6H3;6-8H,1-5H3;6-7H,1-5H3;5-8H,1-4H3;4-6H,1-3H3;2*4-7H,1-3H3;5-7H,1-4H3;7*1-4H3. The maximum absolute atomic E-state index is 13.3. The van der Waals surface area contributed by atoms with Crippen LogP contribution in [0.3, 0.4) is 0 Å². The van der Waals surface area contributed by atoms with Gasteiger partial charge in [0, 0.05) is 55.6 Å². The van der Waals surface area contributed by atoms with Crippen LogP contribution in [-0.4, -0.2) is 9.97 Å². The molecule has 8 aromatic rings. The number of aromatic nitrogens is 2. The summed E-state index contributed by atoms with van der Waals surface area (Å²) in [7, 11) is 0. The molecule has 0 radical (unpaired) electrons. The average molecular weight is 1820 g/mol.